The maximum atomic E-state index is 12.9. The highest BCUT2D eigenvalue weighted by Gasteiger charge is 2.31. The van der Waals surface area contributed by atoms with Crippen LogP contribution in [0.15, 0.2) is 24.3 Å². The van der Waals surface area contributed by atoms with Crippen molar-refractivity contribution in [2.24, 2.45) is 5.92 Å². The average molecular weight is 322 g/mol. The van der Waals surface area contributed by atoms with Crippen molar-refractivity contribution in [3.63, 3.8) is 0 Å². The molecule has 1 N–H and O–H groups in total. The van der Waals surface area contributed by atoms with E-state index in [1.165, 1.54) is 12.1 Å². The van der Waals surface area contributed by atoms with Crippen LogP contribution in [0.4, 0.5) is 4.39 Å². The van der Waals surface area contributed by atoms with Gasteiger partial charge in [0.25, 0.3) is 0 Å². The SMILES string of the molecule is CN(C)[C@@H]1CC[C@H](C(=O)O)CN(C(=O)Cc2ccc(F)cc2)C1. The number of aliphatic carboxylic acids is 1. The van der Waals surface area contributed by atoms with Crippen molar-refractivity contribution in [1.29, 1.82) is 0 Å². The average Bonchev–Trinajstić information content (AvgIpc) is 2.73. The van der Waals surface area contributed by atoms with Crippen LogP contribution in [0.25, 0.3) is 0 Å². The smallest absolute Gasteiger partial charge is 0.308 e. The number of hydrogen-bond acceptors (Lipinski definition) is 3. The zero-order chi connectivity index (χ0) is 17.0. The van der Waals surface area contributed by atoms with Gasteiger partial charge in [0, 0.05) is 19.1 Å². The lowest BCUT2D eigenvalue weighted by molar-refractivity contribution is -0.143. The van der Waals surface area contributed by atoms with Crippen molar-refractivity contribution < 1.29 is 19.1 Å². The Hall–Kier alpha value is -1.95. The first-order valence-electron chi connectivity index (χ1n) is 7.78. The van der Waals surface area contributed by atoms with Crippen LogP contribution in [0.3, 0.4) is 0 Å². The number of likely N-dealkylation sites (N-methyl/N-ethyl adjacent to an activating group) is 1. The first kappa shape index (κ1) is 17.4. The number of amides is 1. The van der Waals surface area contributed by atoms with Crippen molar-refractivity contribution >= 4 is 11.9 Å². The Kier molecular flexibility index (Phi) is 5.71. The van der Waals surface area contributed by atoms with E-state index < -0.39 is 11.9 Å². The number of likely N-dealkylation sites (tertiary alicyclic amines) is 1. The molecular weight excluding hydrogens is 299 g/mol. The molecule has 1 saturated heterocycles. The lowest BCUT2D eigenvalue weighted by atomic mass is 10.0. The Morgan fingerprint density at radius 3 is 2.43 bits per heavy atom. The number of hydrogen-bond donors (Lipinski definition) is 1. The van der Waals surface area contributed by atoms with Crippen molar-refractivity contribution in [2.75, 3.05) is 27.2 Å². The normalized spacial score (nSPS) is 22.0. The highest BCUT2D eigenvalue weighted by molar-refractivity contribution is 5.80. The summed E-state index contributed by atoms with van der Waals surface area (Å²) in [5.41, 5.74) is 0.730. The third-order valence-corrected chi connectivity index (χ3v) is 4.42. The van der Waals surface area contributed by atoms with Gasteiger partial charge in [-0.3, -0.25) is 9.59 Å². The summed E-state index contributed by atoms with van der Waals surface area (Å²) in [7, 11) is 3.88. The molecule has 0 saturated carbocycles. The van der Waals surface area contributed by atoms with E-state index in [-0.39, 0.29) is 30.7 Å². The van der Waals surface area contributed by atoms with Gasteiger partial charge in [-0.2, -0.15) is 0 Å². The van der Waals surface area contributed by atoms with Crippen LogP contribution < -0.4 is 0 Å². The molecule has 126 valence electrons. The van der Waals surface area contributed by atoms with Gasteiger partial charge in [0.15, 0.2) is 0 Å². The van der Waals surface area contributed by atoms with E-state index >= 15 is 0 Å². The Morgan fingerprint density at radius 1 is 1.22 bits per heavy atom. The maximum absolute atomic E-state index is 12.9. The molecule has 1 aromatic carbocycles. The number of halogens is 1. The van der Waals surface area contributed by atoms with Crippen molar-refractivity contribution in [3.05, 3.63) is 35.6 Å². The van der Waals surface area contributed by atoms with Crippen LogP contribution in [-0.2, 0) is 16.0 Å². The number of rotatable bonds is 4. The summed E-state index contributed by atoms with van der Waals surface area (Å²) in [6, 6.07) is 5.98. The molecule has 23 heavy (non-hydrogen) atoms. The monoisotopic (exact) mass is 322 g/mol. The van der Waals surface area contributed by atoms with Crippen LogP contribution in [0.1, 0.15) is 18.4 Å². The predicted octanol–water partition coefficient (Wildman–Crippen LogP) is 1.62. The summed E-state index contributed by atoms with van der Waals surface area (Å²) in [4.78, 5) is 27.6. The lowest BCUT2D eigenvalue weighted by Crippen LogP contribution is -2.43. The molecule has 0 radical (unpaired) electrons. The van der Waals surface area contributed by atoms with Gasteiger partial charge in [0.05, 0.1) is 12.3 Å². The molecule has 1 aliphatic rings. The topological polar surface area (TPSA) is 60.9 Å². The van der Waals surface area contributed by atoms with E-state index in [9.17, 15) is 19.1 Å². The fourth-order valence-corrected chi connectivity index (χ4v) is 2.89. The molecule has 1 aromatic rings. The maximum Gasteiger partial charge on any atom is 0.308 e. The van der Waals surface area contributed by atoms with Crippen LogP contribution in [0.2, 0.25) is 0 Å². The third-order valence-electron chi connectivity index (χ3n) is 4.42. The van der Waals surface area contributed by atoms with Crippen molar-refractivity contribution in [1.82, 2.24) is 9.80 Å². The summed E-state index contributed by atoms with van der Waals surface area (Å²) in [5.74, 6) is -1.84. The minimum Gasteiger partial charge on any atom is -0.481 e. The molecule has 1 heterocycles. The first-order chi connectivity index (χ1) is 10.9. The zero-order valence-electron chi connectivity index (χ0n) is 13.5. The van der Waals surface area contributed by atoms with Gasteiger partial charge < -0.3 is 14.9 Å². The number of carbonyl (C=O) groups excluding carboxylic acids is 1. The van der Waals surface area contributed by atoms with Gasteiger partial charge in [0.2, 0.25) is 5.91 Å². The molecule has 0 aromatic heterocycles. The standard InChI is InChI=1S/C17H23FN2O3/c1-19(2)15-8-5-13(17(22)23)10-20(11-15)16(21)9-12-3-6-14(18)7-4-12/h3-4,6-7,13,15H,5,8-11H2,1-2H3,(H,22,23)/t13-,15+/m0/s1. The highest BCUT2D eigenvalue weighted by Crippen LogP contribution is 2.20. The zero-order valence-corrected chi connectivity index (χ0v) is 13.5. The Balaban J connectivity index is 2.10. The molecule has 2 rings (SSSR count). The molecule has 1 aliphatic heterocycles. The number of nitrogens with zero attached hydrogens (tertiary/aromatic N) is 2. The predicted molar refractivity (Wildman–Crippen MR) is 84.5 cm³/mol. The Morgan fingerprint density at radius 2 is 1.87 bits per heavy atom. The number of carboxylic acid groups (broad SMARTS) is 1. The summed E-state index contributed by atoms with van der Waals surface area (Å²) < 4.78 is 12.9. The lowest BCUT2D eigenvalue weighted by Gasteiger charge is -2.29. The van der Waals surface area contributed by atoms with Crippen LogP contribution in [0.5, 0.6) is 0 Å². The molecule has 1 amide bonds. The number of carbonyl (C=O) groups is 2. The van der Waals surface area contributed by atoms with E-state index in [2.05, 4.69) is 0 Å². The molecular formula is C17H23FN2O3. The quantitative estimate of drug-likeness (QED) is 0.915. The molecule has 0 unspecified atom stereocenters. The Bertz CT molecular complexity index is 559. The molecule has 0 aliphatic carbocycles. The molecule has 0 spiro atoms. The van der Waals surface area contributed by atoms with Crippen molar-refractivity contribution in [3.8, 4) is 0 Å². The van der Waals surface area contributed by atoms with Gasteiger partial charge in [-0.1, -0.05) is 12.1 Å². The van der Waals surface area contributed by atoms with E-state index in [4.69, 9.17) is 0 Å². The fourth-order valence-electron chi connectivity index (χ4n) is 2.89. The van der Waals surface area contributed by atoms with Crippen LogP contribution in [0, 0.1) is 11.7 Å². The van der Waals surface area contributed by atoms with E-state index in [1.54, 1.807) is 17.0 Å². The molecule has 5 nitrogen and oxygen atoms in total. The van der Waals surface area contributed by atoms with E-state index in [1.807, 2.05) is 19.0 Å². The number of carboxylic acids is 1. The summed E-state index contributed by atoms with van der Waals surface area (Å²) >= 11 is 0. The largest absolute Gasteiger partial charge is 0.481 e. The van der Waals surface area contributed by atoms with E-state index in [0.717, 1.165) is 12.0 Å². The van der Waals surface area contributed by atoms with Crippen molar-refractivity contribution in [2.45, 2.75) is 25.3 Å². The van der Waals surface area contributed by atoms with Gasteiger partial charge in [-0.25, -0.2) is 4.39 Å². The third kappa shape index (κ3) is 4.76. The summed E-state index contributed by atoms with van der Waals surface area (Å²) in [6.45, 7) is 0.760. The Labute approximate surface area is 135 Å². The summed E-state index contributed by atoms with van der Waals surface area (Å²) in [6.07, 6.45) is 1.48. The molecule has 6 heteroatoms. The molecule has 0 bridgehead atoms. The highest BCUT2D eigenvalue weighted by atomic mass is 19.1. The molecule has 1 fully saturated rings. The van der Waals surface area contributed by atoms with Gasteiger partial charge in [-0.15, -0.1) is 0 Å². The second-order valence-electron chi connectivity index (χ2n) is 6.33. The first-order valence-corrected chi connectivity index (χ1v) is 7.78. The van der Waals surface area contributed by atoms with Crippen LogP contribution in [-0.4, -0.2) is 60.0 Å². The van der Waals surface area contributed by atoms with Crippen LogP contribution >= 0.6 is 0 Å². The fraction of sp³-hybridized carbons (Fsp3) is 0.529. The van der Waals surface area contributed by atoms with Gasteiger partial charge in [0.1, 0.15) is 5.82 Å². The second-order valence-corrected chi connectivity index (χ2v) is 6.33. The summed E-state index contributed by atoms with van der Waals surface area (Å²) in [5, 5.41) is 9.31. The minimum atomic E-state index is -0.857. The van der Waals surface area contributed by atoms with Gasteiger partial charge in [-0.05, 0) is 44.6 Å². The second kappa shape index (κ2) is 7.55. The minimum absolute atomic E-state index is 0.114. The van der Waals surface area contributed by atoms with Gasteiger partial charge >= 0.3 is 5.97 Å². The van der Waals surface area contributed by atoms with E-state index in [0.29, 0.717) is 13.0 Å². The number of benzene rings is 1. The molecule has 2 atom stereocenters.